The molecule has 0 unspecified atom stereocenters. The number of rotatable bonds is 8. The van der Waals surface area contributed by atoms with Crippen LogP contribution in [0.1, 0.15) is 60.8 Å². The summed E-state index contributed by atoms with van der Waals surface area (Å²) in [4.78, 5) is 52.0. The smallest absolute Gasteiger partial charge is 0.243 e. The first-order valence-corrected chi connectivity index (χ1v) is 11.6. The number of carbonyl (C=O) groups excluding carboxylic acids is 4. The average molecular weight is 451 g/mol. The van der Waals surface area contributed by atoms with Gasteiger partial charge in [-0.3, -0.25) is 19.2 Å². The summed E-state index contributed by atoms with van der Waals surface area (Å²) in [5.41, 5.74) is 5.13. The molecule has 9 heteroatoms. The van der Waals surface area contributed by atoms with Crippen LogP contribution in [-0.2, 0) is 23.9 Å². The number of piperidine rings is 1. The van der Waals surface area contributed by atoms with Gasteiger partial charge in [-0.05, 0) is 57.8 Å². The van der Waals surface area contributed by atoms with E-state index >= 15 is 0 Å². The summed E-state index contributed by atoms with van der Waals surface area (Å²) in [6.07, 6.45) is 0.676. The lowest BCUT2D eigenvalue weighted by atomic mass is 9.96. The van der Waals surface area contributed by atoms with E-state index in [0.717, 1.165) is 0 Å². The van der Waals surface area contributed by atoms with Gasteiger partial charge in [-0.2, -0.15) is 0 Å². The Balaban J connectivity index is 1.70. The number of nitrogens with zero attached hydrogens (tertiary/aromatic N) is 1. The first kappa shape index (κ1) is 24.5. The predicted molar refractivity (Wildman–Crippen MR) is 118 cm³/mol. The summed E-state index contributed by atoms with van der Waals surface area (Å²) in [7, 11) is 0. The molecule has 2 saturated heterocycles. The van der Waals surface area contributed by atoms with Crippen molar-refractivity contribution in [3.05, 3.63) is 0 Å². The molecule has 1 saturated carbocycles. The van der Waals surface area contributed by atoms with Crippen molar-refractivity contribution in [1.29, 1.82) is 0 Å². The average Bonchev–Trinajstić information content (AvgIpc) is 3.01. The highest BCUT2D eigenvalue weighted by Crippen LogP contribution is 2.64. The maximum absolute atomic E-state index is 13.3. The summed E-state index contributed by atoms with van der Waals surface area (Å²) < 4.78 is 5.88. The van der Waals surface area contributed by atoms with Crippen LogP contribution < -0.4 is 16.4 Å². The highest BCUT2D eigenvalue weighted by Gasteiger charge is 2.69. The molecule has 4 amide bonds. The van der Waals surface area contributed by atoms with E-state index in [2.05, 4.69) is 24.5 Å². The zero-order valence-electron chi connectivity index (χ0n) is 20.1. The van der Waals surface area contributed by atoms with Crippen molar-refractivity contribution < 1.29 is 23.9 Å². The third-order valence-corrected chi connectivity index (χ3v) is 7.16. The van der Waals surface area contributed by atoms with Gasteiger partial charge in [-0.25, -0.2) is 0 Å². The fraction of sp³-hybridized carbons (Fsp3) is 0.826. The topological polar surface area (TPSA) is 131 Å². The zero-order chi connectivity index (χ0) is 24.0. The molecule has 0 aromatic rings. The Morgan fingerprint density at radius 2 is 1.97 bits per heavy atom. The van der Waals surface area contributed by atoms with Crippen LogP contribution >= 0.6 is 0 Å². The van der Waals surface area contributed by atoms with Crippen LogP contribution in [0.15, 0.2) is 0 Å². The van der Waals surface area contributed by atoms with Crippen LogP contribution in [0.5, 0.6) is 0 Å². The maximum Gasteiger partial charge on any atom is 0.243 e. The molecule has 180 valence electrons. The molecule has 4 N–H and O–H groups in total. The van der Waals surface area contributed by atoms with E-state index in [1.807, 2.05) is 27.7 Å². The number of ether oxygens (including phenoxy) is 1. The lowest BCUT2D eigenvalue weighted by Gasteiger charge is -2.33. The van der Waals surface area contributed by atoms with Gasteiger partial charge in [-0.15, -0.1) is 0 Å². The minimum atomic E-state index is -0.947. The second-order valence-electron chi connectivity index (χ2n) is 11.2. The summed E-state index contributed by atoms with van der Waals surface area (Å²) >= 11 is 0. The minimum Gasteiger partial charge on any atom is -0.372 e. The monoisotopic (exact) mass is 450 g/mol. The molecule has 0 bridgehead atoms. The SMILES string of the molecule is C[C@H](CC(=O)N1C[C@H]2[C@@H]([C@H]1C(=O)N[C@@H](C[C@@H]1CCNC1=O)C(N)=O)C2(C)C)OC(C)(C)C. The van der Waals surface area contributed by atoms with Crippen LogP contribution in [0.2, 0.25) is 0 Å². The Morgan fingerprint density at radius 1 is 1.31 bits per heavy atom. The van der Waals surface area contributed by atoms with Crippen molar-refractivity contribution in [1.82, 2.24) is 15.5 Å². The fourth-order valence-corrected chi connectivity index (χ4v) is 5.51. The van der Waals surface area contributed by atoms with Crippen molar-refractivity contribution in [2.45, 2.75) is 84.6 Å². The number of nitrogens with one attached hydrogen (secondary N) is 2. The summed E-state index contributed by atoms with van der Waals surface area (Å²) in [6, 6.07) is -1.60. The highest BCUT2D eigenvalue weighted by molar-refractivity contribution is 5.93. The number of hydrogen-bond donors (Lipinski definition) is 3. The second kappa shape index (κ2) is 8.65. The predicted octanol–water partition coefficient (Wildman–Crippen LogP) is 0.559. The molecule has 0 aromatic carbocycles. The number of fused-ring (bicyclic) bond motifs is 1. The van der Waals surface area contributed by atoms with Gasteiger partial charge in [0, 0.05) is 19.0 Å². The Labute approximate surface area is 190 Å². The van der Waals surface area contributed by atoms with Gasteiger partial charge >= 0.3 is 0 Å². The van der Waals surface area contributed by atoms with E-state index in [4.69, 9.17) is 10.5 Å². The number of nitrogens with two attached hydrogens (primary N) is 1. The molecule has 6 atom stereocenters. The lowest BCUT2D eigenvalue weighted by molar-refractivity contribution is -0.144. The van der Waals surface area contributed by atoms with Crippen molar-refractivity contribution >= 4 is 23.6 Å². The van der Waals surface area contributed by atoms with Gasteiger partial charge in [0.1, 0.15) is 12.1 Å². The normalized spacial score (nSPS) is 30.3. The molecule has 32 heavy (non-hydrogen) atoms. The summed E-state index contributed by atoms with van der Waals surface area (Å²) in [5.74, 6) is -1.37. The number of primary amides is 1. The molecular formula is C23H38N4O5. The molecule has 2 aliphatic heterocycles. The molecule has 3 fully saturated rings. The number of likely N-dealkylation sites (tertiary alicyclic amines) is 1. The quantitative estimate of drug-likeness (QED) is 0.497. The zero-order valence-corrected chi connectivity index (χ0v) is 20.1. The standard InChI is InChI=1S/C23H38N4O5/c1-12(32-22(2,3)4)9-16(28)27-11-14-17(23(14,5)6)18(27)21(31)26-15(19(24)29)10-13-7-8-25-20(13)30/h12-15,17-18H,7-11H2,1-6H3,(H2,24,29)(H,25,30)(H,26,31)/t12-,13+,14+,15+,17+,18+/m1/s1. The summed E-state index contributed by atoms with van der Waals surface area (Å²) in [6.45, 7) is 12.9. The Hall–Kier alpha value is -2.16. The second-order valence-corrected chi connectivity index (χ2v) is 11.2. The van der Waals surface area contributed by atoms with Crippen LogP contribution in [-0.4, -0.2) is 65.4 Å². The molecule has 3 rings (SSSR count). The molecule has 3 aliphatic rings. The number of hydrogen-bond acceptors (Lipinski definition) is 5. The lowest BCUT2D eigenvalue weighted by Crippen LogP contribution is -2.55. The first-order valence-electron chi connectivity index (χ1n) is 11.6. The van der Waals surface area contributed by atoms with Crippen LogP contribution in [0, 0.1) is 23.2 Å². The van der Waals surface area contributed by atoms with Crippen LogP contribution in [0.25, 0.3) is 0 Å². The molecule has 0 radical (unpaired) electrons. The fourth-order valence-electron chi connectivity index (χ4n) is 5.51. The third kappa shape index (κ3) is 5.08. The van der Waals surface area contributed by atoms with Crippen LogP contribution in [0.4, 0.5) is 0 Å². The Morgan fingerprint density at radius 3 is 2.50 bits per heavy atom. The van der Waals surface area contributed by atoms with Gasteiger partial charge < -0.3 is 26.0 Å². The highest BCUT2D eigenvalue weighted by atomic mass is 16.5. The Kier molecular flexibility index (Phi) is 6.62. The molecule has 0 aromatic heterocycles. The van der Waals surface area contributed by atoms with E-state index in [-0.39, 0.29) is 65.4 Å². The van der Waals surface area contributed by atoms with E-state index in [1.54, 1.807) is 4.90 Å². The molecule has 1 aliphatic carbocycles. The molecule has 2 heterocycles. The van der Waals surface area contributed by atoms with Gasteiger partial charge in [0.25, 0.3) is 0 Å². The maximum atomic E-state index is 13.3. The number of carbonyl (C=O) groups is 4. The van der Waals surface area contributed by atoms with Crippen molar-refractivity contribution in [3.8, 4) is 0 Å². The largest absolute Gasteiger partial charge is 0.372 e. The van der Waals surface area contributed by atoms with Crippen LogP contribution in [0.3, 0.4) is 0 Å². The number of amides is 4. The summed E-state index contributed by atoms with van der Waals surface area (Å²) in [5, 5.41) is 5.49. The molecular weight excluding hydrogens is 412 g/mol. The van der Waals surface area contributed by atoms with E-state index < -0.39 is 18.0 Å². The third-order valence-electron chi connectivity index (χ3n) is 7.16. The van der Waals surface area contributed by atoms with E-state index in [0.29, 0.717) is 19.5 Å². The van der Waals surface area contributed by atoms with Crippen molar-refractivity contribution in [2.75, 3.05) is 13.1 Å². The van der Waals surface area contributed by atoms with E-state index in [9.17, 15) is 19.2 Å². The van der Waals surface area contributed by atoms with Gasteiger partial charge in [0.2, 0.25) is 23.6 Å². The Bertz CT molecular complexity index is 790. The minimum absolute atomic E-state index is 0.0357. The molecule has 0 spiro atoms. The van der Waals surface area contributed by atoms with Gasteiger partial charge in [-0.1, -0.05) is 13.8 Å². The first-order chi connectivity index (χ1) is 14.7. The van der Waals surface area contributed by atoms with Gasteiger partial charge in [0.15, 0.2) is 0 Å². The molecule has 9 nitrogen and oxygen atoms in total. The van der Waals surface area contributed by atoms with Crippen molar-refractivity contribution in [3.63, 3.8) is 0 Å². The van der Waals surface area contributed by atoms with E-state index in [1.165, 1.54) is 0 Å². The van der Waals surface area contributed by atoms with Gasteiger partial charge in [0.05, 0.1) is 18.1 Å². The van der Waals surface area contributed by atoms with Crippen molar-refractivity contribution in [2.24, 2.45) is 28.9 Å².